The van der Waals surface area contributed by atoms with Crippen LogP contribution in [0.3, 0.4) is 0 Å². The summed E-state index contributed by atoms with van der Waals surface area (Å²) in [7, 11) is 0. The fourth-order valence-corrected chi connectivity index (χ4v) is 0.563. The maximum atomic E-state index is 8.62. The molecule has 0 radical (unpaired) electrons. The SMILES string of the molecule is OC1CCO[C@@H]1O. The minimum Gasteiger partial charge on any atom is -0.388 e. The van der Waals surface area contributed by atoms with Crippen LogP contribution in [0.1, 0.15) is 6.42 Å². The van der Waals surface area contributed by atoms with E-state index >= 15 is 0 Å². The largest absolute Gasteiger partial charge is 0.388 e. The van der Waals surface area contributed by atoms with Crippen molar-refractivity contribution in [3.63, 3.8) is 0 Å². The third-order valence-electron chi connectivity index (χ3n) is 1.03. The van der Waals surface area contributed by atoms with E-state index in [1.807, 2.05) is 0 Å². The predicted octanol–water partition coefficient (Wildman–Crippen LogP) is -0.914. The van der Waals surface area contributed by atoms with Crippen LogP contribution in [-0.4, -0.2) is 29.2 Å². The molecular formula is C4H8O3. The van der Waals surface area contributed by atoms with E-state index in [-0.39, 0.29) is 0 Å². The van der Waals surface area contributed by atoms with E-state index in [1.165, 1.54) is 0 Å². The zero-order valence-corrected chi connectivity index (χ0v) is 3.87. The van der Waals surface area contributed by atoms with Gasteiger partial charge in [-0.05, 0) is 0 Å². The van der Waals surface area contributed by atoms with Gasteiger partial charge in [-0.2, -0.15) is 0 Å². The Balaban J connectivity index is 2.33. The highest BCUT2D eigenvalue weighted by Gasteiger charge is 2.22. The van der Waals surface area contributed by atoms with E-state index in [0.717, 1.165) is 0 Å². The van der Waals surface area contributed by atoms with Gasteiger partial charge in [0, 0.05) is 6.42 Å². The molecule has 0 aromatic carbocycles. The van der Waals surface area contributed by atoms with Crippen LogP contribution >= 0.6 is 0 Å². The molecular weight excluding hydrogens is 96.0 g/mol. The Morgan fingerprint density at radius 3 is 2.29 bits per heavy atom. The van der Waals surface area contributed by atoms with Crippen molar-refractivity contribution < 1.29 is 14.9 Å². The third-order valence-corrected chi connectivity index (χ3v) is 1.03. The number of ether oxygens (including phenoxy) is 1. The maximum absolute atomic E-state index is 8.62. The summed E-state index contributed by atoms with van der Waals surface area (Å²) in [5.74, 6) is 0. The Bertz CT molecular complexity index is 56.0. The zero-order valence-electron chi connectivity index (χ0n) is 3.87. The van der Waals surface area contributed by atoms with E-state index in [2.05, 4.69) is 4.74 Å². The second-order valence-corrected chi connectivity index (χ2v) is 1.62. The second-order valence-electron chi connectivity index (χ2n) is 1.62. The van der Waals surface area contributed by atoms with E-state index < -0.39 is 12.4 Å². The van der Waals surface area contributed by atoms with Gasteiger partial charge in [0.15, 0.2) is 6.29 Å². The molecule has 7 heavy (non-hydrogen) atoms. The van der Waals surface area contributed by atoms with Gasteiger partial charge in [-0.3, -0.25) is 0 Å². The Kier molecular flexibility index (Phi) is 1.27. The standard InChI is InChI=1S/C4H8O3/c5-3-1-2-7-4(3)6/h3-6H,1-2H2/t3?,4-/m0/s1. The first kappa shape index (κ1) is 5.03. The summed E-state index contributed by atoms with van der Waals surface area (Å²) in [6.45, 7) is 0.475. The number of rotatable bonds is 0. The molecule has 1 rings (SSSR count). The summed E-state index contributed by atoms with van der Waals surface area (Å²) >= 11 is 0. The van der Waals surface area contributed by atoms with Gasteiger partial charge in [0.1, 0.15) is 6.10 Å². The Labute approximate surface area is 41.5 Å². The summed E-state index contributed by atoms with van der Waals surface area (Å²) in [5.41, 5.74) is 0. The quantitative estimate of drug-likeness (QED) is 0.418. The fourth-order valence-electron chi connectivity index (χ4n) is 0.563. The van der Waals surface area contributed by atoms with Gasteiger partial charge in [-0.15, -0.1) is 0 Å². The van der Waals surface area contributed by atoms with Crippen molar-refractivity contribution in [1.82, 2.24) is 0 Å². The van der Waals surface area contributed by atoms with Crippen molar-refractivity contribution in [3.8, 4) is 0 Å². The van der Waals surface area contributed by atoms with Crippen molar-refractivity contribution in [2.75, 3.05) is 6.61 Å². The number of aliphatic hydroxyl groups is 2. The molecule has 1 unspecified atom stereocenters. The van der Waals surface area contributed by atoms with Crippen LogP contribution in [0.2, 0.25) is 0 Å². The zero-order chi connectivity index (χ0) is 5.28. The van der Waals surface area contributed by atoms with Crippen molar-refractivity contribution in [3.05, 3.63) is 0 Å². The molecule has 1 aliphatic heterocycles. The van der Waals surface area contributed by atoms with Crippen LogP contribution in [0.15, 0.2) is 0 Å². The first-order valence-electron chi connectivity index (χ1n) is 2.28. The highest BCUT2D eigenvalue weighted by Crippen LogP contribution is 2.08. The van der Waals surface area contributed by atoms with Gasteiger partial charge in [-0.25, -0.2) is 0 Å². The van der Waals surface area contributed by atoms with Crippen molar-refractivity contribution in [2.24, 2.45) is 0 Å². The molecule has 3 nitrogen and oxygen atoms in total. The van der Waals surface area contributed by atoms with Crippen LogP contribution < -0.4 is 0 Å². The molecule has 0 aromatic heterocycles. The normalized spacial score (nSPS) is 42.0. The Hall–Kier alpha value is -0.120. The van der Waals surface area contributed by atoms with Crippen LogP contribution in [0.4, 0.5) is 0 Å². The highest BCUT2D eigenvalue weighted by molar-refractivity contribution is 4.63. The molecule has 2 atom stereocenters. The molecule has 0 amide bonds. The molecule has 0 bridgehead atoms. The minimum atomic E-state index is -0.931. The van der Waals surface area contributed by atoms with Crippen LogP contribution in [0, 0.1) is 0 Å². The second kappa shape index (κ2) is 1.78. The topological polar surface area (TPSA) is 49.7 Å². The summed E-state index contributed by atoms with van der Waals surface area (Å²) in [6.07, 6.45) is -1.03. The monoisotopic (exact) mass is 104 g/mol. The molecule has 1 fully saturated rings. The summed E-state index contributed by atoms with van der Waals surface area (Å²) in [6, 6.07) is 0. The lowest BCUT2D eigenvalue weighted by Crippen LogP contribution is -2.18. The Morgan fingerprint density at radius 2 is 2.14 bits per heavy atom. The lowest BCUT2D eigenvalue weighted by molar-refractivity contribution is -0.107. The predicted molar refractivity (Wildman–Crippen MR) is 22.6 cm³/mol. The lowest BCUT2D eigenvalue weighted by Gasteiger charge is -2.02. The van der Waals surface area contributed by atoms with E-state index in [1.54, 1.807) is 0 Å². The molecule has 0 aliphatic carbocycles. The first-order valence-corrected chi connectivity index (χ1v) is 2.28. The lowest BCUT2D eigenvalue weighted by atomic mass is 10.3. The summed E-state index contributed by atoms with van der Waals surface area (Å²) in [4.78, 5) is 0. The third kappa shape index (κ3) is 0.907. The average molecular weight is 104 g/mol. The van der Waals surface area contributed by atoms with Crippen molar-refractivity contribution in [1.29, 1.82) is 0 Å². The smallest absolute Gasteiger partial charge is 0.180 e. The van der Waals surface area contributed by atoms with Gasteiger partial charge in [0.25, 0.3) is 0 Å². The molecule has 0 aromatic rings. The molecule has 0 spiro atoms. The van der Waals surface area contributed by atoms with E-state index in [4.69, 9.17) is 10.2 Å². The number of aliphatic hydroxyl groups excluding tert-OH is 2. The van der Waals surface area contributed by atoms with Gasteiger partial charge >= 0.3 is 0 Å². The Morgan fingerprint density at radius 1 is 1.43 bits per heavy atom. The van der Waals surface area contributed by atoms with Crippen molar-refractivity contribution in [2.45, 2.75) is 18.8 Å². The molecule has 1 heterocycles. The number of hydrogen-bond acceptors (Lipinski definition) is 3. The average Bonchev–Trinajstić information content (AvgIpc) is 1.91. The fraction of sp³-hybridized carbons (Fsp3) is 1.00. The van der Waals surface area contributed by atoms with Crippen molar-refractivity contribution >= 4 is 0 Å². The van der Waals surface area contributed by atoms with Gasteiger partial charge in [-0.1, -0.05) is 0 Å². The molecule has 1 saturated heterocycles. The molecule has 0 saturated carbocycles. The molecule has 42 valence electrons. The molecule has 2 N–H and O–H groups in total. The maximum Gasteiger partial charge on any atom is 0.180 e. The van der Waals surface area contributed by atoms with Gasteiger partial charge in [0.05, 0.1) is 6.61 Å². The summed E-state index contributed by atoms with van der Waals surface area (Å²) in [5, 5.41) is 17.1. The van der Waals surface area contributed by atoms with Gasteiger partial charge in [0.2, 0.25) is 0 Å². The minimum absolute atomic E-state index is 0.475. The summed E-state index contributed by atoms with van der Waals surface area (Å²) < 4.78 is 4.57. The van der Waals surface area contributed by atoms with E-state index in [0.29, 0.717) is 13.0 Å². The van der Waals surface area contributed by atoms with Gasteiger partial charge < -0.3 is 14.9 Å². The highest BCUT2D eigenvalue weighted by atomic mass is 16.6. The molecule has 3 heteroatoms. The van der Waals surface area contributed by atoms with Crippen LogP contribution in [-0.2, 0) is 4.74 Å². The first-order chi connectivity index (χ1) is 3.30. The molecule has 1 aliphatic rings. The van der Waals surface area contributed by atoms with E-state index in [9.17, 15) is 0 Å². The number of hydrogen-bond donors (Lipinski definition) is 2. The van der Waals surface area contributed by atoms with Crippen LogP contribution in [0.25, 0.3) is 0 Å². The van der Waals surface area contributed by atoms with Crippen LogP contribution in [0.5, 0.6) is 0 Å².